The van der Waals surface area contributed by atoms with Gasteiger partial charge in [-0.1, -0.05) is 53.7 Å². The first-order valence-corrected chi connectivity index (χ1v) is 15.9. The molecule has 0 saturated heterocycles. The maximum atomic E-state index is 13.8. The molecule has 0 radical (unpaired) electrons. The van der Waals surface area contributed by atoms with Crippen LogP contribution in [0.3, 0.4) is 0 Å². The lowest BCUT2D eigenvalue weighted by molar-refractivity contribution is -0.131. The molecule has 6 atom stereocenters. The Balaban J connectivity index is 1.23. The SMILES string of the molecule is COc1cc(-c2ccc(NC(=O)[C@]34CC[C@](C)([C@H](O)C3)C4(C)C)c(OC)c2)ccc1NC(=O)[C@]12CC[C@@](C)([C@@H](O)C1)C2(C)C. The molecule has 4 fully saturated rings. The zero-order valence-corrected chi connectivity index (χ0v) is 27.4. The molecule has 4 aliphatic carbocycles. The van der Waals surface area contributed by atoms with Crippen LogP contribution in [0, 0.1) is 32.5 Å². The number of nitrogens with one attached hydrogen (secondary N) is 2. The third kappa shape index (κ3) is 3.70. The molecule has 8 heteroatoms. The first kappa shape index (κ1) is 30.9. The first-order chi connectivity index (χ1) is 20.5. The lowest BCUT2D eigenvalue weighted by Crippen LogP contribution is -2.43. The summed E-state index contributed by atoms with van der Waals surface area (Å²) in [4.78, 5) is 27.6. The number of ether oxygens (including phenoxy) is 2. The van der Waals surface area contributed by atoms with Crippen molar-refractivity contribution in [3.05, 3.63) is 36.4 Å². The molecule has 2 aromatic rings. The van der Waals surface area contributed by atoms with E-state index in [1.807, 2.05) is 36.4 Å². The summed E-state index contributed by atoms with van der Waals surface area (Å²) in [5, 5.41) is 28.0. The van der Waals surface area contributed by atoms with Crippen molar-refractivity contribution >= 4 is 23.2 Å². The highest BCUT2D eigenvalue weighted by Crippen LogP contribution is 2.73. The average molecular weight is 605 g/mol. The number of aliphatic hydroxyl groups excluding tert-OH is 2. The summed E-state index contributed by atoms with van der Waals surface area (Å²) in [7, 11) is 3.16. The molecule has 4 aliphatic rings. The molecule has 6 rings (SSSR count). The largest absolute Gasteiger partial charge is 0.495 e. The number of fused-ring (bicyclic) bond motifs is 4. The molecule has 0 heterocycles. The van der Waals surface area contributed by atoms with Crippen molar-refractivity contribution in [2.45, 2.75) is 92.3 Å². The van der Waals surface area contributed by atoms with Crippen LogP contribution in [0.15, 0.2) is 36.4 Å². The minimum atomic E-state index is -0.638. The predicted octanol–water partition coefficient (Wildman–Crippen LogP) is 6.40. The van der Waals surface area contributed by atoms with Gasteiger partial charge in [0.25, 0.3) is 0 Å². The number of carbonyl (C=O) groups excluding carboxylic acids is 2. The van der Waals surface area contributed by atoms with Crippen molar-refractivity contribution in [2.75, 3.05) is 24.9 Å². The molecule has 2 amide bonds. The maximum Gasteiger partial charge on any atom is 0.231 e. The number of methoxy groups -OCH3 is 2. The fraction of sp³-hybridized carbons (Fsp3) is 0.611. The standard InChI is InChI=1S/C36H48N2O6/c1-31(2)33(5)13-15-35(31,19-27(33)39)29(41)37-23-11-9-21(17-25(23)43-7)22-10-12-24(26(18-22)44-8)38-30(42)36-16-14-34(6,28(40)20-36)32(36,3)4/h9-12,17-18,27-28,39-40H,13-16,19-20H2,1-8H3,(H,37,41)(H,38,42)/t27-,28+,33-,34+,35-,36-/m0/s1. The van der Waals surface area contributed by atoms with Crippen LogP contribution < -0.4 is 20.1 Å². The van der Waals surface area contributed by atoms with Gasteiger partial charge in [-0.25, -0.2) is 0 Å². The summed E-state index contributed by atoms with van der Waals surface area (Å²) >= 11 is 0. The van der Waals surface area contributed by atoms with E-state index in [2.05, 4.69) is 52.2 Å². The molecule has 238 valence electrons. The van der Waals surface area contributed by atoms with Gasteiger partial charge in [0.15, 0.2) is 0 Å². The molecule has 0 aliphatic heterocycles. The molecule has 4 saturated carbocycles. The number of rotatable bonds is 7. The summed E-state index contributed by atoms with van der Waals surface area (Å²) < 4.78 is 11.4. The number of benzene rings is 2. The minimum Gasteiger partial charge on any atom is -0.495 e. The Hall–Kier alpha value is -3.10. The van der Waals surface area contributed by atoms with Gasteiger partial charge in [0.2, 0.25) is 11.8 Å². The van der Waals surface area contributed by atoms with Crippen LogP contribution in [0.25, 0.3) is 11.1 Å². The fourth-order valence-corrected chi connectivity index (χ4v) is 9.69. The smallest absolute Gasteiger partial charge is 0.231 e. The fourth-order valence-electron chi connectivity index (χ4n) is 9.69. The highest BCUT2D eigenvalue weighted by Gasteiger charge is 2.73. The van der Waals surface area contributed by atoms with E-state index in [9.17, 15) is 19.8 Å². The molecule has 0 unspecified atom stereocenters. The molecule has 0 aromatic heterocycles. The van der Waals surface area contributed by atoms with Gasteiger partial charge in [-0.2, -0.15) is 0 Å². The molecule has 8 nitrogen and oxygen atoms in total. The molecular formula is C36H48N2O6. The van der Waals surface area contributed by atoms with Gasteiger partial charge < -0.3 is 30.3 Å². The van der Waals surface area contributed by atoms with Crippen LogP contribution in [0.2, 0.25) is 0 Å². The third-order valence-electron chi connectivity index (χ3n) is 14.0. The topological polar surface area (TPSA) is 117 Å². The van der Waals surface area contributed by atoms with Gasteiger partial charge in [-0.15, -0.1) is 0 Å². The minimum absolute atomic E-state index is 0.0735. The molecule has 2 aromatic carbocycles. The lowest BCUT2D eigenvalue weighted by Gasteiger charge is -2.40. The van der Waals surface area contributed by atoms with Gasteiger partial charge in [-0.05, 0) is 95.6 Å². The highest BCUT2D eigenvalue weighted by atomic mass is 16.5. The number of carbonyl (C=O) groups is 2. The van der Waals surface area contributed by atoms with E-state index < -0.39 is 23.0 Å². The zero-order valence-electron chi connectivity index (χ0n) is 27.4. The second-order valence-corrected chi connectivity index (χ2v) is 15.4. The summed E-state index contributed by atoms with van der Waals surface area (Å²) in [6.45, 7) is 12.6. The Bertz CT molecular complexity index is 1420. The summed E-state index contributed by atoms with van der Waals surface area (Å²) in [6, 6.07) is 11.3. The van der Waals surface area contributed by atoms with Crippen molar-refractivity contribution < 1.29 is 29.3 Å². The van der Waals surface area contributed by atoms with Gasteiger partial charge in [-0.3, -0.25) is 9.59 Å². The first-order valence-electron chi connectivity index (χ1n) is 15.9. The number of amides is 2. The van der Waals surface area contributed by atoms with E-state index in [0.717, 1.165) is 36.8 Å². The lowest BCUT2D eigenvalue weighted by atomic mass is 9.64. The number of anilines is 2. The van der Waals surface area contributed by atoms with Crippen LogP contribution >= 0.6 is 0 Å². The van der Waals surface area contributed by atoms with Crippen LogP contribution in [-0.2, 0) is 9.59 Å². The van der Waals surface area contributed by atoms with Gasteiger partial charge in [0.05, 0.1) is 48.6 Å². The third-order valence-corrected chi connectivity index (χ3v) is 14.0. The Kier molecular flexibility index (Phi) is 6.81. The van der Waals surface area contributed by atoms with E-state index in [1.165, 1.54) is 0 Å². The number of aliphatic hydroxyl groups is 2. The van der Waals surface area contributed by atoms with E-state index in [0.29, 0.717) is 35.7 Å². The van der Waals surface area contributed by atoms with Crippen LogP contribution in [0.4, 0.5) is 11.4 Å². The Labute approximate surface area is 260 Å². The molecule has 0 spiro atoms. The van der Waals surface area contributed by atoms with Crippen LogP contribution in [0.1, 0.15) is 80.1 Å². The normalized spacial score (nSPS) is 35.9. The summed E-state index contributed by atoms with van der Waals surface area (Å²) in [6.07, 6.45) is 3.07. The Morgan fingerprint density at radius 2 is 1.02 bits per heavy atom. The second kappa shape index (κ2) is 9.70. The summed E-state index contributed by atoms with van der Waals surface area (Å²) in [5.41, 5.74) is 0.381. The van der Waals surface area contributed by atoms with E-state index >= 15 is 0 Å². The monoisotopic (exact) mass is 604 g/mol. The summed E-state index contributed by atoms with van der Waals surface area (Å²) in [5.74, 6) is 0.920. The molecular weight excluding hydrogens is 556 g/mol. The Morgan fingerprint density at radius 3 is 1.30 bits per heavy atom. The van der Waals surface area contributed by atoms with Gasteiger partial charge >= 0.3 is 0 Å². The quantitative estimate of drug-likeness (QED) is 0.291. The second-order valence-electron chi connectivity index (χ2n) is 15.4. The van der Waals surface area contributed by atoms with Crippen molar-refractivity contribution in [1.82, 2.24) is 0 Å². The number of hydrogen-bond donors (Lipinski definition) is 4. The zero-order chi connectivity index (χ0) is 32.1. The molecule has 44 heavy (non-hydrogen) atoms. The van der Waals surface area contributed by atoms with Crippen LogP contribution in [-0.4, -0.2) is 48.5 Å². The van der Waals surface area contributed by atoms with Crippen molar-refractivity contribution in [2.24, 2.45) is 32.5 Å². The van der Waals surface area contributed by atoms with Crippen LogP contribution in [0.5, 0.6) is 11.5 Å². The molecule has 4 bridgehead atoms. The van der Waals surface area contributed by atoms with Gasteiger partial charge in [0.1, 0.15) is 11.5 Å². The van der Waals surface area contributed by atoms with E-state index in [1.54, 1.807) is 14.2 Å². The number of hydrogen-bond acceptors (Lipinski definition) is 6. The molecule has 4 N–H and O–H groups in total. The Morgan fingerprint density at radius 1 is 0.659 bits per heavy atom. The highest BCUT2D eigenvalue weighted by molar-refractivity contribution is 5.99. The maximum absolute atomic E-state index is 13.8. The van der Waals surface area contributed by atoms with Gasteiger partial charge in [0, 0.05) is 0 Å². The van der Waals surface area contributed by atoms with Crippen molar-refractivity contribution in [1.29, 1.82) is 0 Å². The predicted molar refractivity (Wildman–Crippen MR) is 171 cm³/mol. The van der Waals surface area contributed by atoms with E-state index in [4.69, 9.17) is 9.47 Å². The van der Waals surface area contributed by atoms with Crippen molar-refractivity contribution in [3.8, 4) is 22.6 Å². The van der Waals surface area contributed by atoms with E-state index in [-0.39, 0.29) is 33.5 Å². The average Bonchev–Trinajstić information content (AvgIpc) is 3.45. The van der Waals surface area contributed by atoms with Crippen molar-refractivity contribution in [3.63, 3.8) is 0 Å².